The van der Waals surface area contributed by atoms with Gasteiger partial charge in [0.1, 0.15) is 0 Å². The quantitative estimate of drug-likeness (QED) is 0.823. The molecule has 0 saturated carbocycles. The van der Waals surface area contributed by atoms with E-state index in [1.807, 2.05) is 12.1 Å². The molecule has 6 heteroatoms. The molecule has 1 fully saturated rings. The second kappa shape index (κ2) is 7.76. The van der Waals surface area contributed by atoms with Gasteiger partial charge in [0.25, 0.3) is 5.91 Å². The number of rotatable bonds is 4. The van der Waals surface area contributed by atoms with E-state index in [1.165, 1.54) is 0 Å². The second-order valence-electron chi connectivity index (χ2n) is 6.13. The van der Waals surface area contributed by atoms with E-state index in [0.717, 1.165) is 38.4 Å². The number of carbonyl (C=O) groups is 1. The Morgan fingerprint density at radius 2 is 1.88 bits per heavy atom. The van der Waals surface area contributed by atoms with Crippen LogP contribution in [0.1, 0.15) is 17.3 Å². The number of benzene rings is 2. The Hall–Kier alpha value is -2.24. The molecule has 0 bridgehead atoms. The monoisotopic (exact) mass is 358 g/mol. The summed E-state index contributed by atoms with van der Waals surface area (Å²) in [6.45, 7) is 7.27. The number of nitrogens with zero attached hydrogens (tertiary/aromatic N) is 2. The lowest BCUT2D eigenvalue weighted by atomic mass is 10.1. The van der Waals surface area contributed by atoms with E-state index < -0.39 is 0 Å². The minimum Gasteiger partial charge on any atom is -0.397 e. The van der Waals surface area contributed by atoms with Gasteiger partial charge in [0, 0.05) is 31.9 Å². The largest absolute Gasteiger partial charge is 0.397 e. The zero-order chi connectivity index (χ0) is 17.8. The molecule has 0 aliphatic carbocycles. The normalized spacial score (nSPS) is 15.2. The summed E-state index contributed by atoms with van der Waals surface area (Å²) in [6, 6.07) is 12.6. The highest BCUT2D eigenvalue weighted by Gasteiger charge is 2.18. The average Bonchev–Trinajstić information content (AvgIpc) is 2.62. The number of carbonyl (C=O) groups excluding carboxylic acids is 1. The third kappa shape index (κ3) is 4.06. The van der Waals surface area contributed by atoms with Gasteiger partial charge in [0.05, 0.1) is 22.0 Å². The number of piperazine rings is 1. The van der Waals surface area contributed by atoms with Crippen LogP contribution in [0.5, 0.6) is 0 Å². The highest BCUT2D eigenvalue weighted by Crippen LogP contribution is 2.28. The Bertz CT molecular complexity index is 757. The summed E-state index contributed by atoms with van der Waals surface area (Å²) in [4.78, 5) is 17.1. The number of nitrogens with two attached hydrogens (primary N) is 1. The van der Waals surface area contributed by atoms with Crippen molar-refractivity contribution in [3.8, 4) is 0 Å². The van der Waals surface area contributed by atoms with E-state index in [2.05, 4.69) is 22.0 Å². The van der Waals surface area contributed by atoms with E-state index in [4.69, 9.17) is 17.3 Å². The van der Waals surface area contributed by atoms with Crippen LogP contribution in [0, 0.1) is 0 Å². The van der Waals surface area contributed by atoms with Crippen molar-refractivity contribution in [2.75, 3.05) is 48.7 Å². The van der Waals surface area contributed by atoms with Gasteiger partial charge in [-0.2, -0.15) is 0 Å². The van der Waals surface area contributed by atoms with Gasteiger partial charge in [0.15, 0.2) is 0 Å². The summed E-state index contributed by atoms with van der Waals surface area (Å²) in [5.74, 6) is -0.241. The summed E-state index contributed by atoms with van der Waals surface area (Å²) in [5.41, 5.74) is 9.03. The van der Waals surface area contributed by atoms with Crippen molar-refractivity contribution >= 4 is 34.6 Å². The molecular weight excluding hydrogens is 336 g/mol. The molecule has 2 aromatic carbocycles. The van der Waals surface area contributed by atoms with E-state index in [0.29, 0.717) is 22.0 Å². The maximum Gasteiger partial charge on any atom is 0.257 e. The molecule has 0 atom stereocenters. The fourth-order valence-corrected chi connectivity index (χ4v) is 3.29. The number of hydrogen-bond acceptors (Lipinski definition) is 4. The first-order valence-corrected chi connectivity index (χ1v) is 8.89. The van der Waals surface area contributed by atoms with Gasteiger partial charge in [-0.1, -0.05) is 30.7 Å². The minimum absolute atomic E-state index is 0.241. The number of nitrogen functional groups attached to an aromatic ring is 1. The molecule has 3 rings (SSSR count). The molecule has 5 nitrogen and oxygen atoms in total. The molecule has 1 aliphatic rings. The van der Waals surface area contributed by atoms with Crippen LogP contribution >= 0.6 is 11.6 Å². The lowest BCUT2D eigenvalue weighted by molar-refractivity contribution is 0.102. The van der Waals surface area contributed by atoms with Crippen LogP contribution in [0.3, 0.4) is 0 Å². The zero-order valence-electron chi connectivity index (χ0n) is 14.3. The molecular formula is C19H23ClN4O. The van der Waals surface area contributed by atoms with E-state index in [-0.39, 0.29) is 5.91 Å². The van der Waals surface area contributed by atoms with Crippen molar-refractivity contribution in [3.63, 3.8) is 0 Å². The van der Waals surface area contributed by atoms with Crippen molar-refractivity contribution in [1.29, 1.82) is 0 Å². The summed E-state index contributed by atoms with van der Waals surface area (Å²) < 4.78 is 0. The van der Waals surface area contributed by atoms with E-state index >= 15 is 0 Å². The zero-order valence-corrected chi connectivity index (χ0v) is 15.1. The lowest BCUT2D eigenvalue weighted by Crippen LogP contribution is -2.46. The third-order valence-corrected chi connectivity index (χ3v) is 4.89. The highest BCUT2D eigenvalue weighted by molar-refractivity contribution is 6.34. The number of anilines is 3. The third-order valence-electron chi connectivity index (χ3n) is 4.56. The molecule has 1 saturated heterocycles. The molecule has 25 heavy (non-hydrogen) atoms. The van der Waals surface area contributed by atoms with E-state index in [1.54, 1.807) is 30.3 Å². The van der Waals surface area contributed by atoms with Crippen molar-refractivity contribution in [1.82, 2.24) is 4.90 Å². The second-order valence-corrected chi connectivity index (χ2v) is 6.54. The van der Waals surface area contributed by atoms with Crippen molar-refractivity contribution < 1.29 is 4.79 Å². The molecule has 3 N–H and O–H groups in total. The first-order chi connectivity index (χ1) is 12.1. The number of amides is 1. The van der Waals surface area contributed by atoms with Crippen LogP contribution in [0.15, 0.2) is 42.5 Å². The molecule has 0 unspecified atom stereocenters. The van der Waals surface area contributed by atoms with Crippen LogP contribution in [-0.2, 0) is 0 Å². The highest BCUT2D eigenvalue weighted by atomic mass is 35.5. The van der Waals surface area contributed by atoms with Crippen LogP contribution in [0.25, 0.3) is 0 Å². The topological polar surface area (TPSA) is 61.6 Å². The fourth-order valence-electron chi connectivity index (χ4n) is 3.07. The average molecular weight is 359 g/mol. The molecule has 0 aromatic heterocycles. The Morgan fingerprint density at radius 3 is 2.52 bits per heavy atom. The van der Waals surface area contributed by atoms with Crippen LogP contribution in [0.2, 0.25) is 5.02 Å². The number of likely N-dealkylation sites (N-methyl/N-ethyl adjacent to an activating group) is 1. The van der Waals surface area contributed by atoms with Gasteiger partial charge in [-0.05, 0) is 36.9 Å². The molecule has 1 aliphatic heterocycles. The van der Waals surface area contributed by atoms with Crippen LogP contribution < -0.4 is 16.0 Å². The predicted octanol–water partition coefficient (Wildman–Crippen LogP) is 3.32. The van der Waals surface area contributed by atoms with Crippen LogP contribution in [-0.4, -0.2) is 43.5 Å². The molecule has 1 amide bonds. The summed E-state index contributed by atoms with van der Waals surface area (Å²) in [6.07, 6.45) is 0. The van der Waals surface area contributed by atoms with Crippen LogP contribution in [0.4, 0.5) is 17.1 Å². The standard InChI is InChI=1S/C19H23ClN4O/c1-2-23-9-11-24(12-10-23)18-8-7-14(13-17(18)21)22-19(25)15-5-3-4-6-16(15)20/h3-8,13H,2,9-12,21H2,1H3,(H,22,25). The Morgan fingerprint density at radius 1 is 1.16 bits per heavy atom. The predicted molar refractivity (Wildman–Crippen MR) is 105 cm³/mol. The van der Waals surface area contributed by atoms with Gasteiger partial charge in [-0.15, -0.1) is 0 Å². The maximum atomic E-state index is 12.3. The first kappa shape index (κ1) is 17.6. The van der Waals surface area contributed by atoms with Gasteiger partial charge in [-0.25, -0.2) is 0 Å². The fraction of sp³-hybridized carbons (Fsp3) is 0.316. The molecule has 0 radical (unpaired) electrons. The molecule has 132 valence electrons. The van der Waals surface area contributed by atoms with E-state index in [9.17, 15) is 4.79 Å². The molecule has 2 aromatic rings. The Balaban J connectivity index is 1.70. The van der Waals surface area contributed by atoms with Crippen molar-refractivity contribution in [2.24, 2.45) is 0 Å². The maximum absolute atomic E-state index is 12.3. The molecule has 1 heterocycles. The van der Waals surface area contributed by atoms with Crippen molar-refractivity contribution in [2.45, 2.75) is 6.92 Å². The van der Waals surface area contributed by atoms with Gasteiger partial charge in [0.2, 0.25) is 0 Å². The first-order valence-electron chi connectivity index (χ1n) is 8.51. The Kier molecular flexibility index (Phi) is 5.46. The smallest absolute Gasteiger partial charge is 0.257 e. The SMILES string of the molecule is CCN1CCN(c2ccc(NC(=O)c3ccccc3Cl)cc2N)CC1. The number of halogens is 1. The molecule has 0 spiro atoms. The number of nitrogens with one attached hydrogen (secondary N) is 1. The van der Waals surface area contributed by atoms with Gasteiger partial charge < -0.3 is 20.9 Å². The summed E-state index contributed by atoms with van der Waals surface area (Å²) in [5, 5.41) is 3.29. The lowest BCUT2D eigenvalue weighted by Gasteiger charge is -2.36. The van der Waals surface area contributed by atoms with Gasteiger partial charge in [-0.3, -0.25) is 4.79 Å². The summed E-state index contributed by atoms with van der Waals surface area (Å²) >= 11 is 6.07. The van der Waals surface area contributed by atoms with Gasteiger partial charge >= 0.3 is 0 Å². The summed E-state index contributed by atoms with van der Waals surface area (Å²) in [7, 11) is 0. The minimum atomic E-state index is -0.241. The Labute approximate surface area is 153 Å². The van der Waals surface area contributed by atoms with Crippen molar-refractivity contribution in [3.05, 3.63) is 53.1 Å². The number of hydrogen-bond donors (Lipinski definition) is 2.